The molecule has 1 atom stereocenters. The minimum atomic E-state index is -2.15. The van der Waals surface area contributed by atoms with Crippen LogP contribution in [-0.2, 0) is 9.59 Å². The summed E-state index contributed by atoms with van der Waals surface area (Å²) in [6, 6.07) is 8.13. The fourth-order valence-electron chi connectivity index (χ4n) is 1.45. The van der Waals surface area contributed by atoms with Gasteiger partial charge in [-0.15, -0.1) is 0 Å². The van der Waals surface area contributed by atoms with Crippen molar-refractivity contribution in [3.63, 3.8) is 0 Å². The van der Waals surface area contributed by atoms with Crippen molar-refractivity contribution in [1.29, 1.82) is 5.41 Å². The van der Waals surface area contributed by atoms with Crippen LogP contribution in [0.2, 0.25) is 0 Å². The molecule has 0 aliphatic rings. The third kappa shape index (κ3) is 2.76. The lowest BCUT2D eigenvalue weighted by atomic mass is 9.93. The maximum Gasteiger partial charge on any atom is 0.337 e. The number of benzene rings is 1. The summed E-state index contributed by atoms with van der Waals surface area (Å²) in [5.41, 5.74) is 3.47. The third-order valence-electron chi connectivity index (χ3n) is 2.37. The van der Waals surface area contributed by atoms with Crippen LogP contribution in [0.3, 0.4) is 0 Å². The molecule has 6 N–H and O–H groups in total. The van der Waals surface area contributed by atoms with Crippen LogP contribution in [0, 0.1) is 5.41 Å². The standard InChI is InChI=1S/C11H13N3O4/c12-9(13)11(10(17)18,6-8(15)16)14-7-4-2-1-3-5-7/h1-5,14H,6H2,(H3,12,13)(H,15,16)(H,17,18). The second-order valence-electron chi connectivity index (χ2n) is 3.69. The van der Waals surface area contributed by atoms with Crippen molar-refractivity contribution < 1.29 is 19.8 Å². The van der Waals surface area contributed by atoms with Crippen LogP contribution in [-0.4, -0.2) is 33.5 Å². The van der Waals surface area contributed by atoms with Crippen LogP contribution in [0.5, 0.6) is 0 Å². The van der Waals surface area contributed by atoms with Gasteiger partial charge in [-0.25, -0.2) is 4.79 Å². The molecule has 96 valence electrons. The van der Waals surface area contributed by atoms with Gasteiger partial charge in [-0.2, -0.15) is 0 Å². The molecule has 0 aromatic heterocycles. The van der Waals surface area contributed by atoms with Crippen molar-refractivity contribution >= 4 is 23.5 Å². The molecule has 1 aromatic rings. The summed E-state index contributed by atoms with van der Waals surface area (Å²) in [5.74, 6) is -3.64. The lowest BCUT2D eigenvalue weighted by Crippen LogP contribution is -2.57. The number of anilines is 1. The van der Waals surface area contributed by atoms with Crippen molar-refractivity contribution in [3.8, 4) is 0 Å². The summed E-state index contributed by atoms with van der Waals surface area (Å²) in [6.07, 6.45) is -0.827. The number of aliphatic carboxylic acids is 2. The Hall–Kier alpha value is -2.57. The number of amidine groups is 1. The van der Waals surface area contributed by atoms with E-state index in [1.165, 1.54) is 0 Å². The van der Waals surface area contributed by atoms with E-state index in [-0.39, 0.29) is 0 Å². The minimum Gasteiger partial charge on any atom is -0.481 e. The topological polar surface area (TPSA) is 136 Å². The molecule has 0 radical (unpaired) electrons. The second kappa shape index (κ2) is 5.17. The molecular formula is C11H13N3O4. The number of nitrogens with two attached hydrogens (primary N) is 1. The first kappa shape index (κ1) is 13.5. The Morgan fingerprint density at radius 3 is 2.22 bits per heavy atom. The molecule has 0 fully saturated rings. The molecule has 0 aliphatic carbocycles. The van der Waals surface area contributed by atoms with Gasteiger partial charge in [0.05, 0.1) is 6.42 Å². The first-order valence-electron chi connectivity index (χ1n) is 5.01. The van der Waals surface area contributed by atoms with E-state index in [4.69, 9.17) is 21.4 Å². The Kier molecular flexibility index (Phi) is 3.88. The van der Waals surface area contributed by atoms with Crippen LogP contribution >= 0.6 is 0 Å². The Bertz CT molecular complexity index is 458. The molecule has 0 saturated heterocycles. The Labute approximate surface area is 103 Å². The molecule has 1 unspecified atom stereocenters. The zero-order valence-corrected chi connectivity index (χ0v) is 9.38. The Morgan fingerprint density at radius 2 is 1.83 bits per heavy atom. The average Bonchev–Trinajstić information content (AvgIpc) is 2.28. The largest absolute Gasteiger partial charge is 0.481 e. The fourth-order valence-corrected chi connectivity index (χ4v) is 1.45. The highest BCUT2D eigenvalue weighted by atomic mass is 16.4. The van der Waals surface area contributed by atoms with Crippen molar-refractivity contribution in [2.24, 2.45) is 5.73 Å². The third-order valence-corrected chi connectivity index (χ3v) is 2.37. The van der Waals surface area contributed by atoms with Gasteiger partial charge in [0.15, 0.2) is 0 Å². The maximum atomic E-state index is 11.3. The molecule has 1 rings (SSSR count). The van der Waals surface area contributed by atoms with Gasteiger partial charge >= 0.3 is 11.9 Å². The molecule has 0 spiro atoms. The van der Waals surface area contributed by atoms with Gasteiger partial charge in [-0.1, -0.05) is 18.2 Å². The molecule has 18 heavy (non-hydrogen) atoms. The number of nitrogens with one attached hydrogen (secondary N) is 2. The van der Waals surface area contributed by atoms with Gasteiger partial charge in [0.1, 0.15) is 5.84 Å². The normalized spacial score (nSPS) is 13.3. The van der Waals surface area contributed by atoms with Crippen LogP contribution in [0.4, 0.5) is 5.69 Å². The van der Waals surface area contributed by atoms with E-state index in [2.05, 4.69) is 5.32 Å². The van der Waals surface area contributed by atoms with E-state index in [9.17, 15) is 9.59 Å². The minimum absolute atomic E-state index is 0.372. The van der Waals surface area contributed by atoms with Crippen molar-refractivity contribution in [1.82, 2.24) is 0 Å². The summed E-state index contributed by atoms with van der Waals surface area (Å²) < 4.78 is 0. The number of hydrogen-bond donors (Lipinski definition) is 5. The lowest BCUT2D eigenvalue weighted by Gasteiger charge is -2.28. The highest BCUT2D eigenvalue weighted by Gasteiger charge is 2.44. The summed E-state index contributed by atoms with van der Waals surface area (Å²) in [4.78, 5) is 22.0. The summed E-state index contributed by atoms with van der Waals surface area (Å²) in [7, 11) is 0. The SMILES string of the molecule is N=C(N)C(CC(=O)O)(Nc1ccccc1)C(=O)O. The van der Waals surface area contributed by atoms with E-state index in [1.807, 2.05) is 0 Å². The monoisotopic (exact) mass is 251 g/mol. The van der Waals surface area contributed by atoms with Gasteiger partial charge in [0.25, 0.3) is 0 Å². The predicted octanol–water partition coefficient (Wildman–Crippen LogP) is 0.333. The summed E-state index contributed by atoms with van der Waals surface area (Å²) >= 11 is 0. The zero-order chi connectivity index (χ0) is 13.8. The van der Waals surface area contributed by atoms with E-state index in [0.29, 0.717) is 5.69 Å². The van der Waals surface area contributed by atoms with E-state index in [0.717, 1.165) is 0 Å². The smallest absolute Gasteiger partial charge is 0.337 e. The predicted molar refractivity (Wildman–Crippen MR) is 64.6 cm³/mol. The molecular weight excluding hydrogens is 238 g/mol. The molecule has 0 heterocycles. The van der Waals surface area contributed by atoms with Crippen molar-refractivity contribution in [3.05, 3.63) is 30.3 Å². The van der Waals surface area contributed by atoms with E-state index >= 15 is 0 Å². The van der Waals surface area contributed by atoms with Gasteiger partial charge in [-0.05, 0) is 12.1 Å². The highest BCUT2D eigenvalue weighted by Crippen LogP contribution is 2.19. The van der Waals surface area contributed by atoms with Gasteiger partial charge < -0.3 is 21.3 Å². The van der Waals surface area contributed by atoms with Crippen molar-refractivity contribution in [2.45, 2.75) is 12.0 Å². The quantitative estimate of drug-likeness (QED) is 0.365. The molecule has 0 bridgehead atoms. The average molecular weight is 251 g/mol. The molecule has 1 aromatic carbocycles. The van der Waals surface area contributed by atoms with Crippen LogP contribution < -0.4 is 11.1 Å². The number of rotatable bonds is 6. The first-order chi connectivity index (χ1) is 8.38. The number of carbonyl (C=O) groups is 2. The Morgan fingerprint density at radius 1 is 1.28 bits per heavy atom. The summed E-state index contributed by atoms with van der Waals surface area (Å²) in [6.45, 7) is 0. The fraction of sp³-hybridized carbons (Fsp3) is 0.182. The maximum absolute atomic E-state index is 11.3. The molecule has 7 heteroatoms. The van der Waals surface area contributed by atoms with E-state index < -0.39 is 29.7 Å². The molecule has 7 nitrogen and oxygen atoms in total. The molecule has 0 aliphatic heterocycles. The zero-order valence-electron chi connectivity index (χ0n) is 9.38. The van der Waals surface area contributed by atoms with Crippen LogP contribution in [0.25, 0.3) is 0 Å². The van der Waals surface area contributed by atoms with Crippen LogP contribution in [0.1, 0.15) is 6.42 Å². The van der Waals surface area contributed by atoms with Gasteiger partial charge in [0.2, 0.25) is 5.54 Å². The second-order valence-corrected chi connectivity index (χ2v) is 3.69. The lowest BCUT2D eigenvalue weighted by molar-refractivity contribution is -0.146. The molecule has 0 saturated carbocycles. The number of para-hydroxylation sites is 1. The van der Waals surface area contributed by atoms with Crippen molar-refractivity contribution in [2.75, 3.05) is 5.32 Å². The number of carboxylic acid groups (broad SMARTS) is 2. The van der Waals surface area contributed by atoms with Crippen LogP contribution in [0.15, 0.2) is 30.3 Å². The number of carboxylic acids is 2. The first-order valence-corrected chi connectivity index (χ1v) is 5.01. The van der Waals surface area contributed by atoms with E-state index in [1.54, 1.807) is 30.3 Å². The summed E-state index contributed by atoms with van der Waals surface area (Å²) in [5, 5.41) is 27.8. The highest BCUT2D eigenvalue weighted by molar-refractivity contribution is 6.12. The Balaban J connectivity index is 3.14. The van der Waals surface area contributed by atoms with Gasteiger partial charge in [-0.3, -0.25) is 10.2 Å². The number of hydrogen-bond acceptors (Lipinski definition) is 4. The molecule has 0 amide bonds. The van der Waals surface area contributed by atoms with Gasteiger partial charge in [0, 0.05) is 5.69 Å².